The first kappa shape index (κ1) is 15.6. The van der Waals surface area contributed by atoms with E-state index in [1.807, 2.05) is 25.1 Å². The molecule has 1 amide bonds. The maximum Gasteiger partial charge on any atom is 0.234 e. The van der Waals surface area contributed by atoms with Gasteiger partial charge < -0.3 is 16.0 Å². The van der Waals surface area contributed by atoms with Crippen molar-refractivity contribution in [2.75, 3.05) is 43.4 Å². The molecule has 0 saturated carbocycles. The summed E-state index contributed by atoms with van der Waals surface area (Å²) in [4.78, 5) is 16.4. The van der Waals surface area contributed by atoms with Gasteiger partial charge in [-0.15, -0.1) is 0 Å². The molecule has 1 aliphatic heterocycles. The molecule has 1 saturated heterocycles. The van der Waals surface area contributed by atoms with E-state index in [-0.39, 0.29) is 11.9 Å². The summed E-state index contributed by atoms with van der Waals surface area (Å²) in [6.45, 7) is 8.28. The van der Waals surface area contributed by atoms with Gasteiger partial charge in [0.2, 0.25) is 5.91 Å². The molecule has 0 radical (unpaired) electrons. The molecule has 1 fully saturated rings. The van der Waals surface area contributed by atoms with Gasteiger partial charge >= 0.3 is 0 Å². The number of benzene rings is 1. The predicted octanol–water partition coefficient (Wildman–Crippen LogP) is 1.31. The van der Waals surface area contributed by atoms with Crippen LogP contribution < -0.4 is 16.0 Å². The zero-order valence-electron chi connectivity index (χ0n) is 13.0. The lowest BCUT2D eigenvalue weighted by Gasteiger charge is -2.36. The van der Waals surface area contributed by atoms with Crippen LogP contribution in [0.5, 0.6) is 0 Å². The van der Waals surface area contributed by atoms with Crippen molar-refractivity contribution in [1.29, 1.82) is 0 Å². The van der Waals surface area contributed by atoms with E-state index in [4.69, 9.17) is 5.73 Å². The van der Waals surface area contributed by atoms with Crippen LogP contribution in [-0.4, -0.2) is 49.6 Å². The van der Waals surface area contributed by atoms with Gasteiger partial charge in [0, 0.05) is 43.6 Å². The van der Waals surface area contributed by atoms with E-state index in [2.05, 4.69) is 28.1 Å². The van der Waals surface area contributed by atoms with Crippen LogP contribution in [0.1, 0.15) is 20.3 Å². The van der Waals surface area contributed by atoms with Gasteiger partial charge in [0.15, 0.2) is 0 Å². The number of rotatable bonds is 5. The molecule has 0 aromatic heterocycles. The Kier molecular flexibility index (Phi) is 5.44. The SMILES string of the molecule is CCC(C)NC(=O)CN1CCN(c2cccc(N)c2)CC1. The fourth-order valence-corrected chi connectivity index (χ4v) is 2.51. The lowest BCUT2D eigenvalue weighted by molar-refractivity contribution is -0.122. The Morgan fingerprint density at radius 2 is 2.05 bits per heavy atom. The Balaban J connectivity index is 1.79. The van der Waals surface area contributed by atoms with Gasteiger partial charge in [0.05, 0.1) is 6.54 Å². The number of nitrogen functional groups attached to an aromatic ring is 1. The van der Waals surface area contributed by atoms with Crippen molar-refractivity contribution < 1.29 is 4.79 Å². The molecular weight excluding hydrogens is 264 g/mol. The molecule has 1 aliphatic rings. The van der Waals surface area contributed by atoms with E-state index in [1.54, 1.807) is 0 Å². The Bertz CT molecular complexity index is 469. The minimum atomic E-state index is 0.127. The zero-order chi connectivity index (χ0) is 15.2. The van der Waals surface area contributed by atoms with Crippen molar-refractivity contribution >= 4 is 17.3 Å². The second kappa shape index (κ2) is 7.31. The van der Waals surface area contributed by atoms with E-state index in [1.165, 1.54) is 5.69 Å². The highest BCUT2D eigenvalue weighted by Crippen LogP contribution is 2.18. The molecule has 0 bridgehead atoms. The van der Waals surface area contributed by atoms with Crippen LogP contribution in [0.2, 0.25) is 0 Å². The molecule has 1 heterocycles. The van der Waals surface area contributed by atoms with Crippen LogP contribution in [0.15, 0.2) is 24.3 Å². The second-order valence-corrected chi connectivity index (χ2v) is 5.73. The molecule has 5 nitrogen and oxygen atoms in total. The lowest BCUT2D eigenvalue weighted by atomic mass is 10.2. The molecule has 2 rings (SSSR count). The van der Waals surface area contributed by atoms with Gasteiger partial charge in [0.25, 0.3) is 0 Å². The number of piperazine rings is 1. The Morgan fingerprint density at radius 3 is 2.67 bits per heavy atom. The van der Waals surface area contributed by atoms with E-state index in [0.717, 1.165) is 38.3 Å². The molecule has 1 aromatic carbocycles. The highest BCUT2D eigenvalue weighted by molar-refractivity contribution is 5.78. The van der Waals surface area contributed by atoms with Crippen LogP contribution >= 0.6 is 0 Å². The van der Waals surface area contributed by atoms with Crippen molar-refractivity contribution in [1.82, 2.24) is 10.2 Å². The number of hydrogen-bond donors (Lipinski definition) is 2. The fraction of sp³-hybridized carbons (Fsp3) is 0.562. The standard InChI is InChI=1S/C16H26N4O/c1-3-13(2)18-16(21)12-19-7-9-20(10-8-19)15-6-4-5-14(17)11-15/h4-6,11,13H,3,7-10,12,17H2,1-2H3,(H,18,21). The maximum atomic E-state index is 11.9. The molecule has 1 aromatic rings. The minimum Gasteiger partial charge on any atom is -0.399 e. The number of nitrogens with one attached hydrogen (secondary N) is 1. The Labute approximate surface area is 127 Å². The second-order valence-electron chi connectivity index (χ2n) is 5.73. The summed E-state index contributed by atoms with van der Waals surface area (Å²) >= 11 is 0. The topological polar surface area (TPSA) is 61.6 Å². The maximum absolute atomic E-state index is 11.9. The van der Waals surface area contributed by atoms with Gasteiger partial charge in [-0.2, -0.15) is 0 Å². The van der Waals surface area contributed by atoms with Crippen LogP contribution in [0.25, 0.3) is 0 Å². The highest BCUT2D eigenvalue weighted by Gasteiger charge is 2.19. The summed E-state index contributed by atoms with van der Waals surface area (Å²) in [6.07, 6.45) is 0.967. The highest BCUT2D eigenvalue weighted by atomic mass is 16.2. The average Bonchev–Trinajstić information content (AvgIpc) is 2.47. The number of nitrogens with zero attached hydrogens (tertiary/aromatic N) is 2. The van der Waals surface area contributed by atoms with Crippen LogP contribution in [0.4, 0.5) is 11.4 Å². The van der Waals surface area contributed by atoms with Gasteiger partial charge in [-0.05, 0) is 31.5 Å². The quantitative estimate of drug-likeness (QED) is 0.803. The summed E-state index contributed by atoms with van der Waals surface area (Å²) in [5.74, 6) is 0.127. The van der Waals surface area contributed by atoms with Crippen molar-refractivity contribution in [3.05, 3.63) is 24.3 Å². The number of carbonyl (C=O) groups excluding carboxylic acids is 1. The first-order chi connectivity index (χ1) is 10.1. The Hall–Kier alpha value is -1.75. The summed E-state index contributed by atoms with van der Waals surface area (Å²) in [5.41, 5.74) is 7.79. The molecular formula is C16H26N4O. The molecule has 1 unspecified atom stereocenters. The summed E-state index contributed by atoms with van der Waals surface area (Å²) in [7, 11) is 0. The van der Waals surface area contributed by atoms with Gasteiger partial charge in [0.1, 0.15) is 0 Å². The number of amides is 1. The average molecular weight is 290 g/mol. The summed E-state index contributed by atoms with van der Waals surface area (Å²) < 4.78 is 0. The van der Waals surface area contributed by atoms with Crippen LogP contribution in [0, 0.1) is 0 Å². The Morgan fingerprint density at radius 1 is 1.33 bits per heavy atom. The largest absolute Gasteiger partial charge is 0.399 e. The number of hydrogen-bond acceptors (Lipinski definition) is 4. The van der Waals surface area contributed by atoms with Crippen molar-refractivity contribution in [3.63, 3.8) is 0 Å². The fourth-order valence-electron chi connectivity index (χ4n) is 2.51. The zero-order valence-corrected chi connectivity index (χ0v) is 13.0. The summed E-state index contributed by atoms with van der Waals surface area (Å²) in [6, 6.07) is 8.23. The molecule has 3 N–H and O–H groups in total. The van der Waals surface area contributed by atoms with Gasteiger partial charge in [-0.25, -0.2) is 0 Å². The van der Waals surface area contributed by atoms with Crippen LogP contribution in [-0.2, 0) is 4.79 Å². The third-order valence-electron chi connectivity index (χ3n) is 3.99. The minimum absolute atomic E-state index is 0.127. The smallest absolute Gasteiger partial charge is 0.234 e. The molecule has 116 valence electrons. The van der Waals surface area contributed by atoms with Gasteiger partial charge in [-0.3, -0.25) is 9.69 Å². The third kappa shape index (κ3) is 4.63. The van der Waals surface area contributed by atoms with Crippen LogP contribution in [0.3, 0.4) is 0 Å². The van der Waals surface area contributed by atoms with E-state index in [9.17, 15) is 4.79 Å². The molecule has 21 heavy (non-hydrogen) atoms. The number of anilines is 2. The third-order valence-corrected chi connectivity index (χ3v) is 3.99. The molecule has 5 heteroatoms. The normalized spacial score (nSPS) is 17.5. The van der Waals surface area contributed by atoms with Crippen molar-refractivity contribution in [2.45, 2.75) is 26.3 Å². The molecule has 0 aliphatic carbocycles. The number of nitrogens with two attached hydrogens (primary N) is 1. The van der Waals surface area contributed by atoms with E-state index >= 15 is 0 Å². The lowest BCUT2D eigenvalue weighted by Crippen LogP contribution is -2.50. The van der Waals surface area contributed by atoms with E-state index in [0.29, 0.717) is 6.54 Å². The predicted molar refractivity (Wildman–Crippen MR) is 87.4 cm³/mol. The first-order valence-corrected chi connectivity index (χ1v) is 7.70. The molecule has 0 spiro atoms. The van der Waals surface area contributed by atoms with E-state index < -0.39 is 0 Å². The van der Waals surface area contributed by atoms with Crippen molar-refractivity contribution in [3.8, 4) is 0 Å². The molecule has 1 atom stereocenters. The number of carbonyl (C=O) groups is 1. The van der Waals surface area contributed by atoms with Crippen molar-refractivity contribution in [2.24, 2.45) is 0 Å². The first-order valence-electron chi connectivity index (χ1n) is 7.70. The van der Waals surface area contributed by atoms with Gasteiger partial charge in [-0.1, -0.05) is 13.0 Å². The monoisotopic (exact) mass is 290 g/mol. The summed E-state index contributed by atoms with van der Waals surface area (Å²) in [5, 5.41) is 3.02.